The molecular weight excluding hydrogens is 378 g/mol. The van der Waals surface area contributed by atoms with Crippen LogP contribution in [0.4, 0.5) is 0 Å². The molecule has 0 radical (unpaired) electrons. The van der Waals surface area contributed by atoms with Crippen LogP contribution in [0.15, 0.2) is 30.3 Å². The minimum atomic E-state index is -3.55. The minimum Gasteiger partial charge on any atom is -0.351 e. The van der Waals surface area contributed by atoms with Crippen molar-refractivity contribution in [2.45, 2.75) is 50.1 Å². The molecule has 2 atom stereocenters. The number of carbonyl (C=O) groups is 2. The van der Waals surface area contributed by atoms with Crippen LogP contribution in [0.5, 0.6) is 0 Å². The summed E-state index contributed by atoms with van der Waals surface area (Å²) in [5, 5.41) is 3.14. The summed E-state index contributed by atoms with van der Waals surface area (Å²) in [5.41, 5.74) is 0.597. The van der Waals surface area contributed by atoms with E-state index in [4.69, 9.17) is 0 Å². The molecule has 28 heavy (non-hydrogen) atoms. The van der Waals surface area contributed by atoms with Crippen LogP contribution in [0.3, 0.4) is 0 Å². The zero-order chi connectivity index (χ0) is 19.9. The third-order valence-corrected chi connectivity index (χ3v) is 7.91. The SMILES string of the molecule is CCCN1C(=O)[C@@H]2C[C@H](NC(=O)C3(c4ccccc4)CC3)CN2CCS1(=O)=O. The number of nitrogens with one attached hydrogen (secondary N) is 1. The van der Waals surface area contributed by atoms with E-state index in [0.717, 1.165) is 22.7 Å². The molecule has 2 heterocycles. The number of amides is 2. The van der Waals surface area contributed by atoms with Gasteiger partial charge in [0.15, 0.2) is 0 Å². The van der Waals surface area contributed by atoms with Crippen molar-refractivity contribution in [2.75, 3.05) is 25.4 Å². The van der Waals surface area contributed by atoms with E-state index in [9.17, 15) is 18.0 Å². The van der Waals surface area contributed by atoms with E-state index >= 15 is 0 Å². The lowest BCUT2D eigenvalue weighted by atomic mass is 9.94. The molecule has 0 aromatic heterocycles. The van der Waals surface area contributed by atoms with Gasteiger partial charge in [0.1, 0.15) is 0 Å². The van der Waals surface area contributed by atoms with Crippen molar-refractivity contribution < 1.29 is 18.0 Å². The van der Waals surface area contributed by atoms with Gasteiger partial charge in [-0.25, -0.2) is 12.7 Å². The van der Waals surface area contributed by atoms with Crippen molar-refractivity contribution in [2.24, 2.45) is 0 Å². The largest absolute Gasteiger partial charge is 0.351 e. The molecule has 152 valence electrons. The zero-order valence-electron chi connectivity index (χ0n) is 16.1. The minimum absolute atomic E-state index is 0.0202. The number of hydrogen-bond acceptors (Lipinski definition) is 5. The van der Waals surface area contributed by atoms with Crippen molar-refractivity contribution in [3.63, 3.8) is 0 Å². The van der Waals surface area contributed by atoms with E-state index in [-0.39, 0.29) is 30.2 Å². The molecule has 0 bridgehead atoms. The molecule has 0 unspecified atom stereocenters. The first kappa shape index (κ1) is 19.4. The van der Waals surface area contributed by atoms with Gasteiger partial charge in [-0.05, 0) is 31.2 Å². The predicted molar refractivity (Wildman–Crippen MR) is 105 cm³/mol. The number of hydrogen-bond donors (Lipinski definition) is 1. The van der Waals surface area contributed by atoms with Gasteiger partial charge in [-0.1, -0.05) is 37.3 Å². The lowest BCUT2D eigenvalue weighted by molar-refractivity contribution is -0.130. The maximum Gasteiger partial charge on any atom is 0.253 e. The average molecular weight is 406 g/mol. The summed E-state index contributed by atoms with van der Waals surface area (Å²) in [6.07, 6.45) is 2.73. The Morgan fingerprint density at radius 3 is 2.61 bits per heavy atom. The van der Waals surface area contributed by atoms with Gasteiger partial charge in [0.05, 0.1) is 17.2 Å². The van der Waals surface area contributed by atoms with Crippen molar-refractivity contribution in [3.05, 3.63) is 35.9 Å². The molecular formula is C20H27N3O4S. The summed E-state index contributed by atoms with van der Waals surface area (Å²) in [7, 11) is -3.55. The Morgan fingerprint density at radius 1 is 1.25 bits per heavy atom. The van der Waals surface area contributed by atoms with Crippen molar-refractivity contribution >= 4 is 21.8 Å². The molecule has 3 aliphatic rings. The van der Waals surface area contributed by atoms with E-state index in [1.165, 1.54) is 0 Å². The molecule has 3 fully saturated rings. The van der Waals surface area contributed by atoms with Gasteiger partial charge in [-0.15, -0.1) is 0 Å². The highest BCUT2D eigenvalue weighted by molar-refractivity contribution is 7.89. The fourth-order valence-corrected chi connectivity index (χ4v) is 6.01. The normalized spacial score (nSPS) is 28.5. The van der Waals surface area contributed by atoms with Crippen molar-refractivity contribution in [3.8, 4) is 0 Å². The van der Waals surface area contributed by atoms with E-state index in [0.29, 0.717) is 25.9 Å². The van der Waals surface area contributed by atoms with Gasteiger partial charge in [0.25, 0.3) is 5.91 Å². The van der Waals surface area contributed by atoms with Crippen molar-refractivity contribution in [1.82, 2.24) is 14.5 Å². The molecule has 2 aliphatic heterocycles. The van der Waals surface area contributed by atoms with Crippen LogP contribution in [0.2, 0.25) is 0 Å². The molecule has 1 aliphatic carbocycles. The molecule has 1 aromatic carbocycles. The Kier molecular flexibility index (Phi) is 4.95. The smallest absolute Gasteiger partial charge is 0.253 e. The van der Waals surface area contributed by atoms with Gasteiger partial charge in [0.2, 0.25) is 15.9 Å². The third kappa shape index (κ3) is 3.33. The highest BCUT2D eigenvalue weighted by Crippen LogP contribution is 2.48. The summed E-state index contributed by atoms with van der Waals surface area (Å²) in [4.78, 5) is 27.8. The van der Waals surface area contributed by atoms with Crippen LogP contribution in [0.1, 0.15) is 38.2 Å². The summed E-state index contributed by atoms with van der Waals surface area (Å²) in [6, 6.07) is 9.22. The number of fused-ring (bicyclic) bond motifs is 1. The number of benzene rings is 1. The van der Waals surface area contributed by atoms with Gasteiger partial charge < -0.3 is 5.32 Å². The summed E-state index contributed by atoms with van der Waals surface area (Å²) in [5.74, 6) is -0.378. The Bertz CT molecular complexity index is 867. The monoisotopic (exact) mass is 405 g/mol. The molecule has 1 saturated carbocycles. The van der Waals surface area contributed by atoms with Crippen LogP contribution in [-0.4, -0.2) is 66.9 Å². The quantitative estimate of drug-likeness (QED) is 0.785. The van der Waals surface area contributed by atoms with Crippen molar-refractivity contribution in [1.29, 1.82) is 0 Å². The highest BCUT2D eigenvalue weighted by Gasteiger charge is 2.52. The fourth-order valence-electron chi connectivity index (χ4n) is 4.46. The standard InChI is InChI=1S/C20H27N3O4S/c1-2-10-23-18(24)17-13-16(14-22(17)11-12-28(23,26)27)21-19(25)20(8-9-20)15-6-4-3-5-7-15/h3-7,16-17H,2,8-14H2,1H3,(H,21,25)/t16-,17-/m0/s1. The lowest BCUT2D eigenvalue weighted by Gasteiger charge is -2.23. The third-order valence-electron chi connectivity index (χ3n) is 6.18. The van der Waals surface area contributed by atoms with E-state index < -0.39 is 21.5 Å². The molecule has 2 saturated heterocycles. The predicted octanol–water partition coefficient (Wildman–Crippen LogP) is 0.859. The lowest BCUT2D eigenvalue weighted by Crippen LogP contribution is -2.45. The van der Waals surface area contributed by atoms with E-state index in [1.54, 1.807) is 0 Å². The number of nitrogens with zero attached hydrogens (tertiary/aromatic N) is 2. The number of rotatable bonds is 5. The summed E-state index contributed by atoms with van der Waals surface area (Å²) < 4.78 is 25.8. The highest BCUT2D eigenvalue weighted by atomic mass is 32.2. The fraction of sp³-hybridized carbons (Fsp3) is 0.600. The van der Waals surface area contributed by atoms with E-state index in [1.807, 2.05) is 42.2 Å². The van der Waals surface area contributed by atoms with Crippen LogP contribution >= 0.6 is 0 Å². The van der Waals surface area contributed by atoms with Gasteiger partial charge in [0, 0.05) is 25.7 Å². The molecule has 1 N–H and O–H groups in total. The Balaban J connectivity index is 1.46. The molecule has 8 heteroatoms. The number of carbonyl (C=O) groups excluding carboxylic acids is 2. The Morgan fingerprint density at radius 2 is 1.96 bits per heavy atom. The zero-order valence-corrected chi connectivity index (χ0v) is 17.0. The van der Waals surface area contributed by atoms with E-state index in [2.05, 4.69) is 5.32 Å². The average Bonchev–Trinajstić information content (AvgIpc) is 3.41. The molecule has 7 nitrogen and oxygen atoms in total. The maximum atomic E-state index is 13.0. The first-order valence-corrected chi connectivity index (χ1v) is 11.6. The maximum absolute atomic E-state index is 13.0. The first-order valence-electron chi connectivity index (χ1n) is 10.0. The number of sulfonamides is 1. The van der Waals surface area contributed by atoms with Crippen LogP contribution in [0.25, 0.3) is 0 Å². The molecule has 1 aromatic rings. The second-order valence-electron chi connectivity index (χ2n) is 8.09. The molecule has 2 amide bonds. The summed E-state index contributed by atoms with van der Waals surface area (Å²) >= 11 is 0. The Hall–Kier alpha value is -1.93. The Labute approximate surface area is 166 Å². The topological polar surface area (TPSA) is 86.8 Å². The molecule has 4 rings (SSSR count). The first-order chi connectivity index (χ1) is 13.4. The summed E-state index contributed by atoms with van der Waals surface area (Å²) in [6.45, 7) is 2.93. The van der Waals surface area contributed by atoms with Crippen LogP contribution < -0.4 is 5.32 Å². The molecule has 0 spiro atoms. The van der Waals surface area contributed by atoms with Crippen LogP contribution in [0, 0.1) is 0 Å². The van der Waals surface area contributed by atoms with Crippen LogP contribution in [-0.2, 0) is 25.0 Å². The van der Waals surface area contributed by atoms with Gasteiger partial charge >= 0.3 is 0 Å². The second-order valence-corrected chi connectivity index (χ2v) is 10.1. The second kappa shape index (κ2) is 7.15. The van der Waals surface area contributed by atoms with Gasteiger partial charge in [-0.3, -0.25) is 14.5 Å². The van der Waals surface area contributed by atoms with Gasteiger partial charge in [-0.2, -0.15) is 0 Å².